The number of hydrogen-bond donors (Lipinski definition) is 0. The van der Waals surface area contributed by atoms with Gasteiger partial charge in [0.05, 0.1) is 17.6 Å². The molecule has 1 fully saturated rings. The molecule has 0 bridgehead atoms. The van der Waals surface area contributed by atoms with Gasteiger partial charge in [-0.05, 0) is 19.1 Å². The van der Waals surface area contributed by atoms with E-state index in [1.54, 1.807) is 31.3 Å². The number of rotatable bonds is 4. The summed E-state index contributed by atoms with van der Waals surface area (Å²) in [5, 5.41) is 0. The standard InChI is InChI=1S/C11H15NO3S/c1-9-3-5-11(6-4-9)16(13,14)12(2)7-10-8-15-10/h3-6,10H,7-8H2,1-2H3/t10-/m1/s1. The van der Waals surface area contributed by atoms with Gasteiger partial charge in [0.1, 0.15) is 0 Å². The quantitative estimate of drug-likeness (QED) is 0.739. The Morgan fingerprint density at radius 1 is 1.38 bits per heavy atom. The molecule has 2 rings (SSSR count). The molecule has 1 heterocycles. The first-order valence-corrected chi connectivity index (χ1v) is 6.59. The number of sulfonamides is 1. The van der Waals surface area contributed by atoms with Gasteiger partial charge in [-0.25, -0.2) is 8.42 Å². The van der Waals surface area contributed by atoms with E-state index < -0.39 is 10.0 Å². The number of ether oxygens (including phenoxy) is 1. The van der Waals surface area contributed by atoms with Crippen molar-refractivity contribution in [2.45, 2.75) is 17.9 Å². The molecule has 0 N–H and O–H groups in total. The van der Waals surface area contributed by atoms with Crippen LogP contribution in [0.5, 0.6) is 0 Å². The number of benzene rings is 1. The molecule has 1 aromatic rings. The molecule has 0 spiro atoms. The van der Waals surface area contributed by atoms with Crippen molar-refractivity contribution < 1.29 is 13.2 Å². The fourth-order valence-electron chi connectivity index (χ4n) is 1.45. The van der Waals surface area contributed by atoms with E-state index in [0.717, 1.165) is 5.56 Å². The first kappa shape index (κ1) is 11.6. The Hall–Kier alpha value is -0.910. The zero-order valence-electron chi connectivity index (χ0n) is 9.38. The van der Waals surface area contributed by atoms with E-state index in [0.29, 0.717) is 18.0 Å². The fourth-order valence-corrected chi connectivity index (χ4v) is 2.65. The lowest BCUT2D eigenvalue weighted by Crippen LogP contribution is -2.30. The molecule has 1 saturated heterocycles. The van der Waals surface area contributed by atoms with Crippen LogP contribution in [0.15, 0.2) is 29.2 Å². The third-order valence-corrected chi connectivity index (χ3v) is 4.43. The van der Waals surface area contributed by atoms with Crippen molar-refractivity contribution in [2.75, 3.05) is 20.2 Å². The number of epoxide rings is 1. The highest BCUT2D eigenvalue weighted by Crippen LogP contribution is 2.18. The smallest absolute Gasteiger partial charge is 0.242 e. The zero-order chi connectivity index (χ0) is 11.8. The summed E-state index contributed by atoms with van der Waals surface area (Å²) < 4.78 is 30.5. The molecular formula is C11H15NO3S. The van der Waals surface area contributed by atoms with Crippen molar-refractivity contribution in [2.24, 2.45) is 0 Å². The summed E-state index contributed by atoms with van der Waals surface area (Å²) in [5.74, 6) is 0. The second kappa shape index (κ2) is 4.16. The van der Waals surface area contributed by atoms with E-state index in [1.807, 2.05) is 6.92 Å². The van der Waals surface area contributed by atoms with E-state index in [2.05, 4.69) is 0 Å². The number of aryl methyl sites for hydroxylation is 1. The maximum absolute atomic E-state index is 12.1. The fraction of sp³-hybridized carbons (Fsp3) is 0.455. The molecule has 1 aliphatic rings. The first-order valence-electron chi connectivity index (χ1n) is 5.15. The van der Waals surface area contributed by atoms with E-state index in [4.69, 9.17) is 4.74 Å². The summed E-state index contributed by atoms with van der Waals surface area (Å²) in [6.07, 6.45) is 0.0743. The van der Waals surface area contributed by atoms with Crippen LogP contribution < -0.4 is 0 Å². The lowest BCUT2D eigenvalue weighted by molar-refractivity contribution is 0.359. The SMILES string of the molecule is Cc1ccc(S(=O)(=O)N(C)C[C@@H]2CO2)cc1. The lowest BCUT2D eigenvalue weighted by atomic mass is 10.2. The highest BCUT2D eigenvalue weighted by Gasteiger charge is 2.29. The topological polar surface area (TPSA) is 49.9 Å². The van der Waals surface area contributed by atoms with Crippen LogP contribution in [-0.4, -0.2) is 39.0 Å². The van der Waals surface area contributed by atoms with Crippen LogP contribution in [0.2, 0.25) is 0 Å². The van der Waals surface area contributed by atoms with Gasteiger partial charge in [-0.3, -0.25) is 0 Å². The van der Waals surface area contributed by atoms with Crippen LogP contribution in [0.1, 0.15) is 5.56 Å². The molecule has 16 heavy (non-hydrogen) atoms. The molecule has 0 aliphatic carbocycles. The summed E-state index contributed by atoms with van der Waals surface area (Å²) >= 11 is 0. The Labute approximate surface area is 95.9 Å². The van der Waals surface area contributed by atoms with Gasteiger partial charge in [0.25, 0.3) is 0 Å². The summed E-state index contributed by atoms with van der Waals surface area (Å²) in [6, 6.07) is 6.87. The molecule has 0 unspecified atom stereocenters. The Morgan fingerprint density at radius 2 is 1.94 bits per heavy atom. The van der Waals surface area contributed by atoms with Crippen molar-refractivity contribution in [3.63, 3.8) is 0 Å². The van der Waals surface area contributed by atoms with Gasteiger partial charge in [0.15, 0.2) is 0 Å². The van der Waals surface area contributed by atoms with E-state index in [1.165, 1.54) is 4.31 Å². The van der Waals surface area contributed by atoms with Gasteiger partial charge in [-0.1, -0.05) is 17.7 Å². The molecule has 0 amide bonds. The Bertz CT molecular complexity index is 463. The normalized spacial score (nSPS) is 20.1. The molecule has 0 aromatic heterocycles. The second-order valence-corrected chi connectivity index (χ2v) is 6.10. The maximum Gasteiger partial charge on any atom is 0.242 e. The Kier molecular flexibility index (Phi) is 3.01. The van der Waals surface area contributed by atoms with Gasteiger partial charge < -0.3 is 4.74 Å². The summed E-state index contributed by atoms with van der Waals surface area (Å²) in [6.45, 7) is 3.02. The second-order valence-electron chi connectivity index (χ2n) is 4.05. The summed E-state index contributed by atoms with van der Waals surface area (Å²) in [7, 11) is -1.78. The molecule has 88 valence electrons. The van der Waals surface area contributed by atoms with E-state index in [9.17, 15) is 8.42 Å². The van der Waals surface area contributed by atoms with Gasteiger partial charge in [-0.2, -0.15) is 4.31 Å². The molecule has 1 atom stereocenters. The largest absolute Gasteiger partial charge is 0.372 e. The number of likely N-dealkylation sites (N-methyl/N-ethyl adjacent to an activating group) is 1. The van der Waals surface area contributed by atoms with Crippen molar-refractivity contribution in [3.8, 4) is 0 Å². The summed E-state index contributed by atoms with van der Waals surface area (Å²) in [5.41, 5.74) is 1.05. The first-order chi connectivity index (χ1) is 7.50. The highest BCUT2D eigenvalue weighted by atomic mass is 32.2. The zero-order valence-corrected chi connectivity index (χ0v) is 10.2. The van der Waals surface area contributed by atoms with Crippen LogP contribution in [-0.2, 0) is 14.8 Å². The minimum Gasteiger partial charge on any atom is -0.372 e. The molecule has 1 aromatic carbocycles. The number of hydrogen-bond acceptors (Lipinski definition) is 3. The monoisotopic (exact) mass is 241 g/mol. The van der Waals surface area contributed by atoms with Crippen LogP contribution in [0.4, 0.5) is 0 Å². The van der Waals surface area contributed by atoms with Crippen LogP contribution in [0, 0.1) is 6.92 Å². The predicted molar refractivity (Wildman–Crippen MR) is 60.7 cm³/mol. The van der Waals surface area contributed by atoms with Gasteiger partial charge in [0.2, 0.25) is 10.0 Å². The van der Waals surface area contributed by atoms with Crippen molar-refractivity contribution in [1.82, 2.24) is 4.31 Å². The molecule has 1 aliphatic heterocycles. The minimum absolute atomic E-state index is 0.0743. The Morgan fingerprint density at radius 3 is 2.44 bits per heavy atom. The van der Waals surface area contributed by atoms with Gasteiger partial charge >= 0.3 is 0 Å². The average molecular weight is 241 g/mol. The molecule has 0 radical (unpaired) electrons. The molecule has 4 nitrogen and oxygen atoms in total. The molecular weight excluding hydrogens is 226 g/mol. The van der Waals surface area contributed by atoms with Crippen LogP contribution >= 0.6 is 0 Å². The lowest BCUT2D eigenvalue weighted by Gasteiger charge is -2.15. The van der Waals surface area contributed by atoms with Gasteiger partial charge in [0, 0.05) is 13.6 Å². The van der Waals surface area contributed by atoms with Crippen LogP contribution in [0.3, 0.4) is 0 Å². The van der Waals surface area contributed by atoms with Crippen LogP contribution in [0.25, 0.3) is 0 Å². The van der Waals surface area contributed by atoms with E-state index >= 15 is 0 Å². The highest BCUT2D eigenvalue weighted by molar-refractivity contribution is 7.89. The van der Waals surface area contributed by atoms with Crippen molar-refractivity contribution in [3.05, 3.63) is 29.8 Å². The van der Waals surface area contributed by atoms with E-state index in [-0.39, 0.29) is 6.10 Å². The molecule has 0 saturated carbocycles. The molecule has 5 heteroatoms. The predicted octanol–water partition coefficient (Wildman–Crippen LogP) is 1.01. The maximum atomic E-state index is 12.1. The summed E-state index contributed by atoms with van der Waals surface area (Å²) in [4.78, 5) is 0.334. The van der Waals surface area contributed by atoms with Gasteiger partial charge in [-0.15, -0.1) is 0 Å². The Balaban J connectivity index is 2.19. The average Bonchev–Trinajstić information content (AvgIpc) is 3.02. The van der Waals surface area contributed by atoms with Crippen molar-refractivity contribution >= 4 is 10.0 Å². The number of nitrogens with zero attached hydrogens (tertiary/aromatic N) is 1. The minimum atomic E-state index is -3.36. The van der Waals surface area contributed by atoms with Crippen molar-refractivity contribution in [1.29, 1.82) is 0 Å². The third-order valence-electron chi connectivity index (χ3n) is 2.59. The third kappa shape index (κ3) is 2.42.